The molecule has 2 N–H and O–H groups in total. The summed E-state index contributed by atoms with van der Waals surface area (Å²) in [4.78, 5) is 12.1. The quantitative estimate of drug-likeness (QED) is 0.661. The van der Waals surface area contributed by atoms with Crippen molar-refractivity contribution in [1.29, 1.82) is 0 Å². The second-order valence-corrected chi connectivity index (χ2v) is 5.65. The van der Waals surface area contributed by atoms with Gasteiger partial charge in [0.15, 0.2) is 0 Å². The van der Waals surface area contributed by atoms with E-state index in [-0.39, 0.29) is 12.5 Å². The smallest absolute Gasteiger partial charge is 0.224 e. The van der Waals surface area contributed by atoms with Crippen molar-refractivity contribution in [2.45, 2.75) is 44.9 Å². The predicted molar refractivity (Wildman–Crippen MR) is 84.8 cm³/mol. The lowest BCUT2D eigenvalue weighted by molar-refractivity contribution is -0.117. The van der Waals surface area contributed by atoms with Crippen molar-refractivity contribution in [3.63, 3.8) is 0 Å². The first-order chi connectivity index (χ1) is 10.3. The highest BCUT2D eigenvalue weighted by molar-refractivity contribution is 5.91. The molecule has 3 heteroatoms. The summed E-state index contributed by atoms with van der Waals surface area (Å²) in [6.45, 7) is -0.154. The molecule has 2 rings (SSSR count). The van der Waals surface area contributed by atoms with Gasteiger partial charge in [0.2, 0.25) is 5.91 Å². The third-order valence-corrected chi connectivity index (χ3v) is 3.91. The van der Waals surface area contributed by atoms with E-state index in [1.165, 1.54) is 38.5 Å². The molecule has 1 aromatic rings. The van der Waals surface area contributed by atoms with Crippen molar-refractivity contribution >= 4 is 11.6 Å². The molecule has 1 aromatic carbocycles. The van der Waals surface area contributed by atoms with Crippen molar-refractivity contribution < 1.29 is 9.90 Å². The van der Waals surface area contributed by atoms with Crippen LogP contribution < -0.4 is 5.32 Å². The number of carbonyl (C=O) groups is 1. The molecule has 0 radical (unpaired) electrons. The molecule has 0 unspecified atom stereocenters. The maximum absolute atomic E-state index is 12.1. The number of aliphatic hydroxyl groups is 1. The number of benzene rings is 1. The highest BCUT2D eigenvalue weighted by Crippen LogP contribution is 2.25. The Balaban J connectivity index is 1.89. The molecule has 112 valence electrons. The first kappa shape index (κ1) is 15.6. The number of hydrogen-bond donors (Lipinski definition) is 2. The van der Waals surface area contributed by atoms with Gasteiger partial charge in [0, 0.05) is 17.7 Å². The van der Waals surface area contributed by atoms with Gasteiger partial charge in [0.25, 0.3) is 0 Å². The van der Waals surface area contributed by atoms with E-state index in [1.807, 2.05) is 24.3 Å². The minimum atomic E-state index is -0.154. The van der Waals surface area contributed by atoms with Gasteiger partial charge in [-0.2, -0.15) is 0 Å². The lowest BCUT2D eigenvalue weighted by Crippen LogP contribution is -2.16. The number of amides is 1. The first-order valence-electron chi connectivity index (χ1n) is 7.77. The zero-order valence-corrected chi connectivity index (χ0v) is 12.4. The van der Waals surface area contributed by atoms with Gasteiger partial charge in [-0.15, -0.1) is 0 Å². The average molecular weight is 285 g/mol. The Hall–Kier alpha value is -1.79. The van der Waals surface area contributed by atoms with Gasteiger partial charge in [0.1, 0.15) is 6.61 Å². The zero-order chi connectivity index (χ0) is 14.9. The normalized spacial score (nSPS) is 15.7. The molecule has 1 aliphatic carbocycles. The van der Waals surface area contributed by atoms with Crippen molar-refractivity contribution in [2.24, 2.45) is 5.92 Å². The molecule has 3 nitrogen and oxygen atoms in total. The van der Waals surface area contributed by atoms with Gasteiger partial charge in [-0.25, -0.2) is 0 Å². The zero-order valence-electron chi connectivity index (χ0n) is 12.4. The molecular weight excluding hydrogens is 262 g/mol. The molecular formula is C18H23NO2. The summed E-state index contributed by atoms with van der Waals surface area (Å²) in [5.41, 5.74) is 1.58. The van der Waals surface area contributed by atoms with Crippen molar-refractivity contribution in [3.05, 3.63) is 29.8 Å². The molecule has 0 spiro atoms. The van der Waals surface area contributed by atoms with Crippen molar-refractivity contribution in [3.8, 4) is 11.8 Å². The Labute approximate surface area is 126 Å². The van der Waals surface area contributed by atoms with E-state index in [1.54, 1.807) is 0 Å². The van der Waals surface area contributed by atoms with Crippen LogP contribution >= 0.6 is 0 Å². The fourth-order valence-corrected chi connectivity index (χ4v) is 2.86. The fourth-order valence-electron chi connectivity index (χ4n) is 2.86. The minimum Gasteiger partial charge on any atom is -0.384 e. The summed E-state index contributed by atoms with van der Waals surface area (Å²) in [6.07, 6.45) is 8.10. The number of anilines is 1. The SMILES string of the molecule is O=C(CC1CCCCCC1)Nc1cccc(C#CCO)c1. The van der Waals surface area contributed by atoms with E-state index in [0.29, 0.717) is 12.3 Å². The summed E-state index contributed by atoms with van der Waals surface area (Å²) in [5.74, 6) is 6.08. The molecule has 0 atom stereocenters. The van der Waals surface area contributed by atoms with E-state index >= 15 is 0 Å². The van der Waals surface area contributed by atoms with Crippen molar-refractivity contribution in [2.75, 3.05) is 11.9 Å². The molecule has 1 saturated carbocycles. The third-order valence-electron chi connectivity index (χ3n) is 3.91. The molecule has 0 bridgehead atoms. The molecule has 1 amide bonds. The van der Waals surface area contributed by atoms with Crippen LogP contribution in [0.4, 0.5) is 5.69 Å². The summed E-state index contributed by atoms with van der Waals surface area (Å²) in [5, 5.41) is 11.7. The van der Waals surface area contributed by atoms with Gasteiger partial charge in [-0.1, -0.05) is 43.6 Å². The Morgan fingerprint density at radius 1 is 1.24 bits per heavy atom. The van der Waals surface area contributed by atoms with Crippen LogP contribution in [0.1, 0.15) is 50.5 Å². The van der Waals surface area contributed by atoms with Gasteiger partial charge in [-0.3, -0.25) is 4.79 Å². The van der Waals surface area contributed by atoms with Crippen LogP contribution in [-0.2, 0) is 4.79 Å². The van der Waals surface area contributed by atoms with E-state index < -0.39 is 0 Å². The lowest BCUT2D eigenvalue weighted by Gasteiger charge is -2.13. The topological polar surface area (TPSA) is 49.3 Å². The maximum atomic E-state index is 12.1. The van der Waals surface area contributed by atoms with Crippen LogP contribution in [0.25, 0.3) is 0 Å². The Morgan fingerprint density at radius 3 is 2.71 bits per heavy atom. The molecule has 0 heterocycles. The summed E-state index contributed by atoms with van der Waals surface area (Å²) in [6, 6.07) is 7.44. The van der Waals surface area contributed by atoms with E-state index in [2.05, 4.69) is 17.2 Å². The molecule has 1 fully saturated rings. The summed E-state index contributed by atoms with van der Waals surface area (Å²) in [7, 11) is 0. The molecule has 0 saturated heterocycles. The van der Waals surface area contributed by atoms with Crippen LogP contribution in [0.5, 0.6) is 0 Å². The molecule has 0 aliphatic heterocycles. The number of carbonyl (C=O) groups excluding carboxylic acids is 1. The van der Waals surface area contributed by atoms with Crippen LogP contribution in [-0.4, -0.2) is 17.6 Å². The second-order valence-electron chi connectivity index (χ2n) is 5.65. The third kappa shape index (κ3) is 5.61. The Bertz CT molecular complexity index is 520. The minimum absolute atomic E-state index is 0.0918. The van der Waals surface area contributed by atoms with E-state index in [0.717, 1.165) is 11.3 Å². The van der Waals surface area contributed by atoms with E-state index in [9.17, 15) is 4.79 Å². The van der Waals surface area contributed by atoms with Crippen LogP contribution in [0.2, 0.25) is 0 Å². The van der Waals surface area contributed by atoms with Crippen LogP contribution in [0.3, 0.4) is 0 Å². The largest absolute Gasteiger partial charge is 0.384 e. The van der Waals surface area contributed by atoms with Gasteiger partial charge < -0.3 is 10.4 Å². The van der Waals surface area contributed by atoms with E-state index in [4.69, 9.17) is 5.11 Å². The molecule has 21 heavy (non-hydrogen) atoms. The monoisotopic (exact) mass is 285 g/mol. The summed E-state index contributed by atoms with van der Waals surface area (Å²) < 4.78 is 0. The number of nitrogens with one attached hydrogen (secondary N) is 1. The molecule has 0 aromatic heterocycles. The Morgan fingerprint density at radius 2 is 2.00 bits per heavy atom. The number of aliphatic hydroxyl groups excluding tert-OH is 1. The first-order valence-corrected chi connectivity index (χ1v) is 7.77. The standard InChI is InChI=1S/C18H23NO2/c20-12-6-10-15-9-5-11-17(13-15)19-18(21)14-16-7-3-1-2-4-8-16/h5,9,11,13,16,20H,1-4,7-8,12,14H2,(H,19,21). The number of hydrogen-bond acceptors (Lipinski definition) is 2. The molecule has 1 aliphatic rings. The lowest BCUT2D eigenvalue weighted by atomic mass is 9.96. The van der Waals surface area contributed by atoms with Crippen LogP contribution in [0.15, 0.2) is 24.3 Å². The van der Waals surface area contributed by atoms with Crippen molar-refractivity contribution in [1.82, 2.24) is 0 Å². The average Bonchev–Trinajstić information content (AvgIpc) is 2.74. The highest BCUT2D eigenvalue weighted by Gasteiger charge is 2.16. The Kier molecular flexibility index (Phi) is 6.30. The second kappa shape index (κ2) is 8.49. The summed E-state index contributed by atoms with van der Waals surface area (Å²) >= 11 is 0. The van der Waals surface area contributed by atoms with Crippen LogP contribution in [0, 0.1) is 17.8 Å². The van der Waals surface area contributed by atoms with Gasteiger partial charge in [0.05, 0.1) is 0 Å². The highest BCUT2D eigenvalue weighted by atomic mass is 16.2. The van der Waals surface area contributed by atoms with Gasteiger partial charge >= 0.3 is 0 Å². The predicted octanol–water partition coefficient (Wildman–Crippen LogP) is 3.33. The van der Waals surface area contributed by atoms with Gasteiger partial charge in [-0.05, 0) is 37.0 Å². The fraction of sp³-hybridized carbons (Fsp3) is 0.500. The number of rotatable bonds is 3. The maximum Gasteiger partial charge on any atom is 0.224 e.